The van der Waals surface area contributed by atoms with Crippen molar-refractivity contribution in [1.82, 2.24) is 10.2 Å². The molecular formula is C24H36N2O5. The van der Waals surface area contributed by atoms with Crippen LogP contribution in [-0.2, 0) is 19.1 Å². The first kappa shape index (κ1) is 24.7. The third-order valence-corrected chi connectivity index (χ3v) is 5.24. The summed E-state index contributed by atoms with van der Waals surface area (Å²) in [5.41, 5.74) is 0.483. The van der Waals surface area contributed by atoms with Crippen LogP contribution in [0.5, 0.6) is 0 Å². The van der Waals surface area contributed by atoms with E-state index in [0.717, 1.165) is 18.4 Å². The van der Waals surface area contributed by atoms with Gasteiger partial charge in [-0.15, -0.1) is 0 Å². The first-order chi connectivity index (χ1) is 14.6. The molecule has 0 unspecified atom stereocenters. The molecule has 0 spiro atoms. The molecule has 7 nitrogen and oxygen atoms in total. The third-order valence-electron chi connectivity index (χ3n) is 5.24. The Balaban J connectivity index is 1.83. The Morgan fingerprint density at radius 1 is 1.13 bits per heavy atom. The molecular weight excluding hydrogens is 396 g/mol. The minimum Gasteiger partial charge on any atom is -0.452 e. The summed E-state index contributed by atoms with van der Waals surface area (Å²) in [6, 6.07) is 9.67. The van der Waals surface area contributed by atoms with E-state index in [4.69, 9.17) is 9.47 Å². The van der Waals surface area contributed by atoms with Crippen molar-refractivity contribution in [2.45, 2.75) is 78.0 Å². The minimum absolute atomic E-state index is 0.114. The number of rotatable bonds is 7. The molecule has 1 fully saturated rings. The summed E-state index contributed by atoms with van der Waals surface area (Å²) in [5.74, 6) is -1.02. The van der Waals surface area contributed by atoms with Gasteiger partial charge in [0.15, 0.2) is 6.10 Å². The van der Waals surface area contributed by atoms with Crippen LogP contribution in [0.25, 0.3) is 0 Å². The number of amides is 2. The summed E-state index contributed by atoms with van der Waals surface area (Å²) in [5, 5.41) is 3.00. The normalized spacial score (nSPS) is 16.9. The van der Waals surface area contributed by atoms with Gasteiger partial charge in [0.2, 0.25) is 0 Å². The van der Waals surface area contributed by atoms with E-state index < -0.39 is 17.7 Å². The Morgan fingerprint density at radius 3 is 2.29 bits per heavy atom. The predicted molar refractivity (Wildman–Crippen MR) is 118 cm³/mol. The van der Waals surface area contributed by atoms with E-state index in [1.165, 1.54) is 0 Å². The van der Waals surface area contributed by atoms with Crippen molar-refractivity contribution in [1.29, 1.82) is 0 Å². The van der Waals surface area contributed by atoms with Crippen LogP contribution in [0.1, 0.15) is 71.9 Å². The highest BCUT2D eigenvalue weighted by Gasteiger charge is 2.32. The van der Waals surface area contributed by atoms with Gasteiger partial charge in [-0.1, -0.05) is 43.7 Å². The maximum absolute atomic E-state index is 12.6. The zero-order valence-corrected chi connectivity index (χ0v) is 19.3. The summed E-state index contributed by atoms with van der Waals surface area (Å²) >= 11 is 0. The highest BCUT2D eigenvalue weighted by molar-refractivity contribution is 5.84. The standard InChI is InChI=1S/C24H36N2O5/c1-6-10-20(18-11-8-7-9-12-18)25-21(27)17(2)30-22(28)19-13-15-26(16-14-19)23(29)31-24(3,4)5/h7-9,11-12,17,19-20H,6,10,13-16H2,1-5H3,(H,25,27)/t17-,20+/m1/s1. The van der Waals surface area contributed by atoms with Crippen molar-refractivity contribution in [2.24, 2.45) is 5.92 Å². The molecule has 0 saturated carbocycles. The van der Waals surface area contributed by atoms with E-state index in [9.17, 15) is 14.4 Å². The Kier molecular flexibility index (Phi) is 8.89. The average molecular weight is 433 g/mol. The lowest BCUT2D eigenvalue weighted by molar-refractivity contribution is -0.160. The van der Waals surface area contributed by atoms with Crippen LogP contribution in [-0.4, -0.2) is 47.7 Å². The highest BCUT2D eigenvalue weighted by atomic mass is 16.6. The SMILES string of the molecule is CCC[C@H](NC(=O)[C@@H](C)OC(=O)C1CCN(C(=O)OC(C)(C)C)CC1)c1ccccc1. The quantitative estimate of drug-likeness (QED) is 0.652. The average Bonchev–Trinajstić information content (AvgIpc) is 2.72. The summed E-state index contributed by atoms with van der Waals surface area (Å²) in [6.45, 7) is 9.99. The molecule has 31 heavy (non-hydrogen) atoms. The van der Waals surface area contributed by atoms with Crippen LogP contribution >= 0.6 is 0 Å². The lowest BCUT2D eigenvalue weighted by Crippen LogP contribution is -2.44. The second-order valence-corrected chi connectivity index (χ2v) is 9.08. The second-order valence-electron chi connectivity index (χ2n) is 9.08. The monoisotopic (exact) mass is 432 g/mol. The molecule has 1 aromatic rings. The van der Waals surface area contributed by atoms with E-state index in [2.05, 4.69) is 12.2 Å². The van der Waals surface area contributed by atoms with Crippen LogP contribution in [0.15, 0.2) is 30.3 Å². The van der Waals surface area contributed by atoms with Crippen LogP contribution < -0.4 is 5.32 Å². The molecule has 172 valence electrons. The number of esters is 1. The fraction of sp³-hybridized carbons (Fsp3) is 0.625. The zero-order chi connectivity index (χ0) is 23.0. The van der Waals surface area contributed by atoms with Crippen LogP contribution in [0, 0.1) is 5.92 Å². The van der Waals surface area contributed by atoms with Crippen LogP contribution in [0.3, 0.4) is 0 Å². The summed E-state index contributed by atoms with van der Waals surface area (Å²) in [4.78, 5) is 39.0. The molecule has 2 amide bonds. The maximum Gasteiger partial charge on any atom is 0.410 e. The van der Waals surface area contributed by atoms with E-state index >= 15 is 0 Å². The number of carbonyl (C=O) groups excluding carboxylic acids is 3. The Labute approximate surface area is 185 Å². The molecule has 0 radical (unpaired) electrons. The van der Waals surface area contributed by atoms with Crippen molar-refractivity contribution in [2.75, 3.05) is 13.1 Å². The molecule has 1 N–H and O–H groups in total. The number of benzene rings is 1. The number of carbonyl (C=O) groups is 3. The van der Waals surface area contributed by atoms with Gasteiger partial charge in [-0.05, 0) is 52.5 Å². The molecule has 2 rings (SSSR count). The van der Waals surface area contributed by atoms with Crippen LogP contribution in [0.4, 0.5) is 4.79 Å². The fourth-order valence-corrected chi connectivity index (χ4v) is 3.53. The van der Waals surface area contributed by atoms with Gasteiger partial charge in [0, 0.05) is 13.1 Å². The number of nitrogens with one attached hydrogen (secondary N) is 1. The molecule has 2 atom stereocenters. The minimum atomic E-state index is -0.876. The van der Waals surface area contributed by atoms with E-state index in [1.54, 1.807) is 11.8 Å². The Hall–Kier alpha value is -2.57. The number of ether oxygens (including phenoxy) is 2. The highest BCUT2D eigenvalue weighted by Crippen LogP contribution is 2.22. The Bertz CT molecular complexity index is 736. The first-order valence-electron chi connectivity index (χ1n) is 11.1. The van der Waals surface area contributed by atoms with Gasteiger partial charge in [0.05, 0.1) is 12.0 Å². The molecule has 1 aliphatic heterocycles. The van der Waals surface area contributed by atoms with Gasteiger partial charge in [-0.25, -0.2) is 4.79 Å². The van der Waals surface area contributed by atoms with E-state index in [1.807, 2.05) is 51.1 Å². The molecule has 0 bridgehead atoms. The van der Waals surface area contributed by atoms with Gasteiger partial charge in [0.25, 0.3) is 5.91 Å². The fourth-order valence-electron chi connectivity index (χ4n) is 3.53. The van der Waals surface area contributed by atoms with E-state index in [-0.39, 0.29) is 24.0 Å². The Morgan fingerprint density at radius 2 is 1.74 bits per heavy atom. The molecule has 7 heteroatoms. The topological polar surface area (TPSA) is 84.9 Å². The van der Waals surface area contributed by atoms with Gasteiger partial charge in [-0.3, -0.25) is 9.59 Å². The molecule has 1 saturated heterocycles. The third kappa shape index (κ3) is 7.89. The lowest BCUT2D eigenvalue weighted by atomic mass is 9.97. The number of nitrogens with zero attached hydrogens (tertiary/aromatic N) is 1. The summed E-state index contributed by atoms with van der Waals surface area (Å²) in [7, 11) is 0. The van der Waals surface area contributed by atoms with Crippen molar-refractivity contribution < 1.29 is 23.9 Å². The van der Waals surface area contributed by atoms with Crippen molar-refractivity contribution in [3.05, 3.63) is 35.9 Å². The smallest absolute Gasteiger partial charge is 0.410 e. The van der Waals surface area contributed by atoms with Crippen LogP contribution in [0.2, 0.25) is 0 Å². The number of hydrogen-bond donors (Lipinski definition) is 1. The largest absolute Gasteiger partial charge is 0.452 e. The lowest BCUT2D eigenvalue weighted by Gasteiger charge is -2.33. The second kappa shape index (κ2) is 11.2. The van der Waals surface area contributed by atoms with Crippen molar-refractivity contribution >= 4 is 18.0 Å². The predicted octanol–water partition coefficient (Wildman–Crippen LogP) is 4.22. The summed E-state index contributed by atoms with van der Waals surface area (Å²) < 4.78 is 10.8. The number of piperidine rings is 1. The molecule has 0 aliphatic carbocycles. The molecule has 1 aromatic carbocycles. The maximum atomic E-state index is 12.6. The first-order valence-corrected chi connectivity index (χ1v) is 11.1. The molecule has 1 aliphatic rings. The summed E-state index contributed by atoms with van der Waals surface area (Å²) in [6.07, 6.45) is 1.47. The number of likely N-dealkylation sites (tertiary alicyclic amines) is 1. The van der Waals surface area contributed by atoms with Crippen molar-refractivity contribution in [3.8, 4) is 0 Å². The molecule has 1 heterocycles. The number of hydrogen-bond acceptors (Lipinski definition) is 5. The van der Waals surface area contributed by atoms with Gasteiger partial charge < -0.3 is 19.7 Å². The van der Waals surface area contributed by atoms with Gasteiger partial charge in [-0.2, -0.15) is 0 Å². The molecule has 0 aromatic heterocycles. The van der Waals surface area contributed by atoms with Crippen molar-refractivity contribution in [3.63, 3.8) is 0 Å². The van der Waals surface area contributed by atoms with Gasteiger partial charge in [0.1, 0.15) is 5.60 Å². The van der Waals surface area contributed by atoms with E-state index in [0.29, 0.717) is 25.9 Å². The van der Waals surface area contributed by atoms with Gasteiger partial charge >= 0.3 is 12.1 Å². The zero-order valence-electron chi connectivity index (χ0n) is 19.3.